The van der Waals surface area contributed by atoms with Crippen molar-refractivity contribution in [2.24, 2.45) is 4.99 Å². The summed E-state index contributed by atoms with van der Waals surface area (Å²) in [6.45, 7) is 0.835. The van der Waals surface area contributed by atoms with Crippen molar-refractivity contribution in [3.63, 3.8) is 0 Å². The second kappa shape index (κ2) is 8.67. The van der Waals surface area contributed by atoms with Gasteiger partial charge in [0.05, 0.1) is 15.5 Å². The molecule has 2 aromatic heterocycles. The van der Waals surface area contributed by atoms with Crippen LogP contribution in [0.3, 0.4) is 0 Å². The summed E-state index contributed by atoms with van der Waals surface area (Å²) in [6, 6.07) is 10.8. The van der Waals surface area contributed by atoms with Crippen LogP contribution < -0.4 is 4.80 Å². The Morgan fingerprint density at radius 3 is 2.79 bits per heavy atom. The van der Waals surface area contributed by atoms with Crippen molar-refractivity contribution in [2.75, 3.05) is 0 Å². The van der Waals surface area contributed by atoms with Gasteiger partial charge in [0.2, 0.25) is 0 Å². The van der Waals surface area contributed by atoms with E-state index in [-0.39, 0.29) is 10.6 Å². The highest BCUT2D eigenvalue weighted by Gasteiger charge is 2.14. The van der Waals surface area contributed by atoms with Gasteiger partial charge in [-0.1, -0.05) is 29.8 Å². The smallest absolute Gasteiger partial charge is 0.294 e. The summed E-state index contributed by atoms with van der Waals surface area (Å²) in [7, 11) is 0. The predicted molar refractivity (Wildman–Crippen MR) is 115 cm³/mol. The molecule has 1 aliphatic rings. The number of nitro benzene ring substituents is 1. The van der Waals surface area contributed by atoms with Gasteiger partial charge in [0.15, 0.2) is 4.80 Å². The molecule has 144 valence electrons. The number of thiophene rings is 1. The van der Waals surface area contributed by atoms with E-state index in [1.165, 1.54) is 53.5 Å². The van der Waals surface area contributed by atoms with Crippen LogP contribution in [0.15, 0.2) is 63.8 Å². The maximum absolute atomic E-state index is 11.4. The lowest BCUT2D eigenvalue weighted by Gasteiger charge is -2.14. The average molecular weight is 412 g/mol. The lowest BCUT2D eigenvalue weighted by molar-refractivity contribution is -0.384. The summed E-state index contributed by atoms with van der Waals surface area (Å²) < 4.78 is 2.21. The number of allylic oxidation sites excluding steroid dienone is 2. The monoisotopic (exact) mass is 411 g/mol. The van der Waals surface area contributed by atoms with Crippen LogP contribution in [0.2, 0.25) is 0 Å². The first-order valence-corrected chi connectivity index (χ1v) is 11.2. The molecule has 2 heterocycles. The van der Waals surface area contributed by atoms with Gasteiger partial charge in [-0.3, -0.25) is 10.1 Å². The van der Waals surface area contributed by atoms with Crippen molar-refractivity contribution in [3.8, 4) is 10.6 Å². The third-order valence-electron chi connectivity index (χ3n) is 4.91. The van der Waals surface area contributed by atoms with Crippen LogP contribution in [-0.2, 0) is 6.54 Å². The second-order valence-corrected chi connectivity index (χ2v) is 8.53. The number of thiazole rings is 1. The maximum atomic E-state index is 11.4. The molecule has 0 atom stereocenters. The number of nitro groups is 1. The van der Waals surface area contributed by atoms with Crippen molar-refractivity contribution in [3.05, 3.63) is 73.7 Å². The van der Waals surface area contributed by atoms with E-state index in [1.54, 1.807) is 29.5 Å². The van der Waals surface area contributed by atoms with Crippen LogP contribution in [0.25, 0.3) is 10.6 Å². The maximum Gasteiger partial charge on any atom is 0.294 e. The Bertz CT molecular complexity index is 1060. The first kappa shape index (κ1) is 18.8. The minimum Gasteiger partial charge on any atom is -0.315 e. The Hall–Kier alpha value is -2.51. The summed E-state index contributed by atoms with van der Waals surface area (Å²) in [5, 5.41) is 15.5. The summed E-state index contributed by atoms with van der Waals surface area (Å²) in [5.41, 5.74) is 3.08. The summed E-state index contributed by atoms with van der Waals surface area (Å²) in [4.78, 5) is 17.7. The molecule has 1 aromatic carbocycles. The summed E-state index contributed by atoms with van der Waals surface area (Å²) in [6.07, 6.45) is 8.28. The van der Waals surface area contributed by atoms with E-state index >= 15 is 0 Å². The van der Waals surface area contributed by atoms with E-state index in [2.05, 4.69) is 32.5 Å². The number of benzene rings is 1. The minimum atomic E-state index is -0.371. The lowest BCUT2D eigenvalue weighted by atomic mass is 9.97. The van der Waals surface area contributed by atoms with Crippen LogP contribution in [0.4, 0.5) is 11.4 Å². The van der Waals surface area contributed by atoms with Crippen molar-refractivity contribution in [1.29, 1.82) is 0 Å². The molecule has 5 nitrogen and oxygen atoms in total. The molecule has 0 spiro atoms. The van der Waals surface area contributed by atoms with Gasteiger partial charge in [-0.05, 0) is 49.6 Å². The third-order valence-corrected chi connectivity index (χ3v) is 6.66. The van der Waals surface area contributed by atoms with E-state index in [0.29, 0.717) is 5.69 Å². The van der Waals surface area contributed by atoms with E-state index in [9.17, 15) is 10.1 Å². The first-order chi connectivity index (χ1) is 13.7. The van der Waals surface area contributed by atoms with Gasteiger partial charge in [0.25, 0.3) is 5.69 Å². The third kappa shape index (κ3) is 4.15. The quantitative estimate of drug-likeness (QED) is 0.271. The van der Waals surface area contributed by atoms with Crippen molar-refractivity contribution in [2.45, 2.75) is 38.6 Å². The van der Waals surface area contributed by atoms with Crippen LogP contribution in [0.1, 0.15) is 32.1 Å². The molecule has 4 rings (SSSR count). The number of aromatic nitrogens is 1. The Labute approximate surface area is 171 Å². The number of hydrogen-bond acceptors (Lipinski definition) is 5. The zero-order valence-corrected chi connectivity index (χ0v) is 17.0. The summed E-state index contributed by atoms with van der Waals surface area (Å²) >= 11 is 3.24. The Morgan fingerprint density at radius 1 is 1.14 bits per heavy atom. The minimum absolute atomic E-state index is 0.0371. The molecule has 1 aliphatic carbocycles. The molecule has 7 heteroatoms. The van der Waals surface area contributed by atoms with Gasteiger partial charge >= 0.3 is 0 Å². The number of para-hydroxylation sites is 2. The largest absolute Gasteiger partial charge is 0.315 e. The molecule has 0 radical (unpaired) electrons. The highest BCUT2D eigenvalue weighted by molar-refractivity contribution is 7.14. The molecule has 28 heavy (non-hydrogen) atoms. The Kier molecular flexibility index (Phi) is 5.83. The normalized spacial score (nSPS) is 14.9. The van der Waals surface area contributed by atoms with Gasteiger partial charge in [-0.15, -0.1) is 22.7 Å². The van der Waals surface area contributed by atoms with Crippen LogP contribution in [0.5, 0.6) is 0 Å². The highest BCUT2D eigenvalue weighted by atomic mass is 32.1. The molecule has 3 aromatic rings. The SMILES string of the molecule is O=[N+]([O-])c1ccccc1N=c1scc(-c2cccs2)n1CCC1=CCCCC1. The predicted octanol–water partition coefficient (Wildman–Crippen LogP) is 6.31. The lowest BCUT2D eigenvalue weighted by Crippen LogP contribution is -2.16. The van der Waals surface area contributed by atoms with Gasteiger partial charge in [-0.25, -0.2) is 4.99 Å². The van der Waals surface area contributed by atoms with E-state index in [1.807, 2.05) is 6.07 Å². The van der Waals surface area contributed by atoms with Gasteiger partial charge in [0.1, 0.15) is 5.69 Å². The van der Waals surface area contributed by atoms with Gasteiger partial charge < -0.3 is 4.57 Å². The van der Waals surface area contributed by atoms with Crippen LogP contribution in [0, 0.1) is 10.1 Å². The van der Waals surface area contributed by atoms with Gasteiger partial charge in [-0.2, -0.15) is 0 Å². The molecule has 0 bridgehead atoms. The van der Waals surface area contributed by atoms with E-state index in [0.717, 1.165) is 23.5 Å². The Morgan fingerprint density at radius 2 is 2.04 bits per heavy atom. The number of hydrogen-bond donors (Lipinski definition) is 0. The molecule has 0 saturated carbocycles. The molecule has 0 aliphatic heterocycles. The molecule has 0 saturated heterocycles. The van der Waals surface area contributed by atoms with Gasteiger partial charge in [0, 0.05) is 18.0 Å². The average Bonchev–Trinajstić information content (AvgIpc) is 3.37. The van der Waals surface area contributed by atoms with Crippen LogP contribution >= 0.6 is 22.7 Å². The van der Waals surface area contributed by atoms with E-state index < -0.39 is 0 Å². The molecule has 0 fully saturated rings. The molecular weight excluding hydrogens is 390 g/mol. The zero-order chi connectivity index (χ0) is 19.3. The second-order valence-electron chi connectivity index (χ2n) is 6.75. The van der Waals surface area contributed by atoms with Crippen molar-refractivity contribution >= 4 is 34.0 Å². The highest BCUT2D eigenvalue weighted by Crippen LogP contribution is 2.29. The van der Waals surface area contributed by atoms with E-state index in [4.69, 9.17) is 0 Å². The van der Waals surface area contributed by atoms with Crippen molar-refractivity contribution < 1.29 is 4.92 Å². The fraction of sp³-hybridized carbons (Fsp3) is 0.286. The summed E-state index contributed by atoms with van der Waals surface area (Å²) in [5.74, 6) is 0. The Balaban J connectivity index is 1.75. The standard InChI is InChI=1S/C21H21N3O2S2/c25-24(26)18-10-5-4-9-17(18)22-21-23(13-12-16-7-2-1-3-8-16)19(15-28-21)20-11-6-14-27-20/h4-7,9-11,14-15H,1-3,8,12-13H2. The molecule has 0 N–H and O–H groups in total. The molecule has 0 unspecified atom stereocenters. The topological polar surface area (TPSA) is 60.4 Å². The van der Waals surface area contributed by atoms with Crippen molar-refractivity contribution in [1.82, 2.24) is 4.57 Å². The number of nitrogens with zero attached hydrogens (tertiary/aromatic N) is 3. The fourth-order valence-corrected chi connectivity index (χ4v) is 5.22. The van der Waals surface area contributed by atoms with Crippen LogP contribution in [-0.4, -0.2) is 9.49 Å². The zero-order valence-electron chi connectivity index (χ0n) is 15.4. The number of rotatable bonds is 6. The molecule has 0 amide bonds. The fourth-order valence-electron chi connectivity index (χ4n) is 3.46. The molecular formula is C21H21N3O2S2. The first-order valence-electron chi connectivity index (χ1n) is 9.40.